The molecule has 0 saturated carbocycles. The number of nitrogens with zero attached hydrogens (tertiary/aromatic N) is 3. The van der Waals surface area contributed by atoms with Gasteiger partial charge in [-0.3, -0.25) is 9.88 Å². The zero-order valence-electron chi connectivity index (χ0n) is 19.1. The molecule has 0 atom stereocenters. The lowest BCUT2D eigenvalue weighted by molar-refractivity contribution is -0.0328. The monoisotopic (exact) mass is 549 g/mol. The molecule has 0 aliphatic heterocycles. The molecule has 13 heteroatoms. The number of amides is 2. The minimum absolute atomic E-state index is 0.0446. The van der Waals surface area contributed by atoms with Crippen LogP contribution in [0.15, 0.2) is 76.6 Å². The molecule has 8 nitrogen and oxygen atoms in total. The summed E-state index contributed by atoms with van der Waals surface area (Å²) in [7, 11) is 0. The first-order valence-corrected chi connectivity index (χ1v) is 11.9. The highest BCUT2D eigenvalue weighted by Crippen LogP contribution is 2.37. The van der Waals surface area contributed by atoms with Crippen molar-refractivity contribution < 1.29 is 23.1 Å². The van der Waals surface area contributed by atoms with Gasteiger partial charge in [-0.15, -0.1) is 0 Å². The van der Waals surface area contributed by atoms with Gasteiger partial charge in [0.25, 0.3) is 0 Å². The maximum atomic E-state index is 13.1. The molecule has 0 unspecified atom stereocenters. The summed E-state index contributed by atoms with van der Waals surface area (Å²) >= 11 is 5.57. The molecule has 0 aliphatic carbocycles. The summed E-state index contributed by atoms with van der Waals surface area (Å²) in [5.41, 5.74) is -3.41. The van der Waals surface area contributed by atoms with Crippen LogP contribution in [0.1, 0.15) is 11.3 Å². The van der Waals surface area contributed by atoms with E-state index in [1.54, 1.807) is 43.3 Å². The van der Waals surface area contributed by atoms with Crippen LogP contribution in [0.3, 0.4) is 0 Å². The number of aromatic nitrogens is 3. The fourth-order valence-corrected chi connectivity index (χ4v) is 4.15. The Kier molecular flexibility index (Phi) is 7.50. The predicted molar refractivity (Wildman–Crippen MR) is 136 cm³/mol. The molecule has 0 bridgehead atoms. The maximum Gasteiger partial charge on any atom is 0.446 e. The van der Waals surface area contributed by atoms with Gasteiger partial charge in [0.05, 0.1) is 17.9 Å². The number of pyridine rings is 1. The Morgan fingerprint density at radius 3 is 2.41 bits per heavy atom. The van der Waals surface area contributed by atoms with E-state index in [2.05, 4.69) is 15.6 Å². The van der Waals surface area contributed by atoms with E-state index in [0.29, 0.717) is 16.3 Å². The molecule has 0 fully saturated rings. The second kappa shape index (κ2) is 10.6. The van der Waals surface area contributed by atoms with Crippen LogP contribution in [0.2, 0.25) is 5.02 Å². The average Bonchev–Trinajstić information content (AvgIpc) is 3.03. The van der Waals surface area contributed by atoms with E-state index < -0.39 is 17.2 Å². The number of rotatable bonds is 6. The van der Waals surface area contributed by atoms with E-state index >= 15 is 0 Å². The number of hydrogen-bond donors (Lipinski definition) is 3. The van der Waals surface area contributed by atoms with Gasteiger partial charge < -0.3 is 10.4 Å². The van der Waals surface area contributed by atoms with Gasteiger partial charge in [0.2, 0.25) is 5.88 Å². The Morgan fingerprint density at radius 2 is 1.76 bits per heavy atom. The maximum absolute atomic E-state index is 13.1. The molecule has 2 heterocycles. The van der Waals surface area contributed by atoms with Crippen molar-refractivity contribution in [2.24, 2.45) is 0 Å². The number of urea groups is 1. The number of carbonyl (C=O) groups is 1. The van der Waals surface area contributed by atoms with E-state index in [0.717, 1.165) is 4.57 Å². The minimum Gasteiger partial charge on any atom is -0.493 e. The van der Waals surface area contributed by atoms with Gasteiger partial charge in [-0.25, -0.2) is 19.1 Å². The van der Waals surface area contributed by atoms with E-state index in [9.17, 15) is 27.9 Å². The number of benzene rings is 2. The largest absolute Gasteiger partial charge is 0.493 e. The lowest BCUT2D eigenvalue weighted by atomic mass is 10.2. The average molecular weight is 550 g/mol. The van der Waals surface area contributed by atoms with Gasteiger partial charge in [0.1, 0.15) is 5.82 Å². The molecule has 2 aromatic heterocycles. The van der Waals surface area contributed by atoms with Gasteiger partial charge >= 0.3 is 17.2 Å². The van der Waals surface area contributed by atoms with Crippen molar-refractivity contribution >= 4 is 40.9 Å². The number of halogens is 4. The SMILES string of the molecule is Cc1c(O)n(-c2ccc(SC(F)(F)F)cc2)c(=O)n1Cc1ccnc(NC(=O)Nc2ccc(Cl)cc2)c1. The molecule has 0 radical (unpaired) electrons. The second-order valence-electron chi connectivity index (χ2n) is 7.79. The normalized spacial score (nSPS) is 11.4. The lowest BCUT2D eigenvalue weighted by Gasteiger charge is -2.09. The van der Waals surface area contributed by atoms with Gasteiger partial charge in [-0.05, 0) is 84.9 Å². The van der Waals surface area contributed by atoms with Crippen molar-refractivity contribution in [3.63, 3.8) is 0 Å². The quantitative estimate of drug-likeness (QED) is 0.256. The van der Waals surface area contributed by atoms with Crippen LogP contribution in [0.4, 0.5) is 29.5 Å². The first-order valence-electron chi connectivity index (χ1n) is 10.7. The number of imidazole rings is 1. The smallest absolute Gasteiger partial charge is 0.446 e. The van der Waals surface area contributed by atoms with Crippen LogP contribution in [-0.4, -0.2) is 30.8 Å². The topological polar surface area (TPSA) is 101 Å². The van der Waals surface area contributed by atoms with E-state index in [1.807, 2.05) is 0 Å². The highest BCUT2D eigenvalue weighted by molar-refractivity contribution is 8.00. The van der Waals surface area contributed by atoms with Crippen LogP contribution in [-0.2, 0) is 6.54 Å². The zero-order chi connectivity index (χ0) is 26.7. The fraction of sp³-hybridized carbons (Fsp3) is 0.125. The molecule has 3 N–H and O–H groups in total. The van der Waals surface area contributed by atoms with Crippen LogP contribution in [0, 0.1) is 6.92 Å². The summed E-state index contributed by atoms with van der Waals surface area (Å²) in [5, 5.41) is 16.4. The highest BCUT2D eigenvalue weighted by atomic mass is 35.5. The summed E-state index contributed by atoms with van der Waals surface area (Å²) in [4.78, 5) is 29.5. The predicted octanol–water partition coefficient (Wildman–Crippen LogP) is 6.01. The Balaban J connectivity index is 1.51. The number of thioether (sulfide) groups is 1. The molecular formula is C24H19ClF3N5O3S. The minimum atomic E-state index is -4.44. The lowest BCUT2D eigenvalue weighted by Crippen LogP contribution is -2.24. The Labute approximate surface area is 217 Å². The number of carbonyl (C=O) groups excluding carboxylic acids is 1. The van der Waals surface area contributed by atoms with Crippen LogP contribution in [0.5, 0.6) is 5.88 Å². The van der Waals surface area contributed by atoms with Crippen molar-refractivity contribution in [2.75, 3.05) is 10.6 Å². The summed E-state index contributed by atoms with van der Waals surface area (Å²) in [6.07, 6.45) is 1.46. The van der Waals surface area contributed by atoms with Crippen molar-refractivity contribution in [3.05, 3.63) is 93.6 Å². The third-order valence-electron chi connectivity index (χ3n) is 5.20. The van der Waals surface area contributed by atoms with Crippen molar-refractivity contribution in [3.8, 4) is 11.6 Å². The highest BCUT2D eigenvalue weighted by Gasteiger charge is 2.29. The Morgan fingerprint density at radius 1 is 1.08 bits per heavy atom. The first kappa shape index (κ1) is 26.2. The number of aromatic hydroxyl groups is 1. The number of alkyl halides is 3. The van der Waals surface area contributed by atoms with Crippen LogP contribution >= 0.6 is 23.4 Å². The van der Waals surface area contributed by atoms with Gasteiger partial charge in [0.15, 0.2) is 0 Å². The second-order valence-corrected chi connectivity index (χ2v) is 9.37. The third-order valence-corrected chi connectivity index (χ3v) is 6.19. The van der Waals surface area contributed by atoms with Crippen molar-refractivity contribution in [1.82, 2.24) is 14.1 Å². The summed E-state index contributed by atoms with van der Waals surface area (Å²) in [6.45, 7) is 1.59. The molecule has 0 saturated heterocycles. The molecule has 37 heavy (non-hydrogen) atoms. The summed E-state index contributed by atoms with van der Waals surface area (Å²) in [5.74, 6) is -0.105. The van der Waals surface area contributed by atoms with Crippen molar-refractivity contribution in [2.45, 2.75) is 23.9 Å². The summed E-state index contributed by atoms with van der Waals surface area (Å²) < 4.78 is 40.1. The molecule has 0 spiro atoms. The zero-order valence-corrected chi connectivity index (χ0v) is 20.7. The van der Waals surface area contributed by atoms with Gasteiger partial charge in [-0.1, -0.05) is 11.6 Å². The molecule has 2 aromatic carbocycles. The number of anilines is 2. The van der Waals surface area contributed by atoms with E-state index in [1.165, 1.54) is 35.0 Å². The molecule has 4 aromatic rings. The molecule has 0 aliphatic rings. The van der Waals surface area contributed by atoms with Crippen LogP contribution < -0.4 is 16.3 Å². The first-order chi connectivity index (χ1) is 17.5. The number of hydrogen-bond acceptors (Lipinski definition) is 5. The summed E-state index contributed by atoms with van der Waals surface area (Å²) in [6, 6.07) is 14.3. The van der Waals surface area contributed by atoms with Crippen molar-refractivity contribution in [1.29, 1.82) is 0 Å². The third kappa shape index (κ3) is 6.46. The Bertz CT molecular complexity index is 1490. The van der Waals surface area contributed by atoms with E-state index in [4.69, 9.17) is 11.6 Å². The van der Waals surface area contributed by atoms with E-state index in [-0.39, 0.29) is 46.3 Å². The van der Waals surface area contributed by atoms with Gasteiger partial charge in [0, 0.05) is 21.8 Å². The Hall–Kier alpha value is -3.90. The standard InChI is InChI=1S/C24H19ClF3N5O3S/c1-14-21(34)33(18-6-8-19(9-7-18)37-24(26,27)28)23(36)32(14)13-15-10-11-29-20(12-15)31-22(35)30-17-4-2-16(25)3-5-17/h2-12,34H,13H2,1H3,(H2,29,30,31,35). The molecular weight excluding hydrogens is 531 g/mol. The molecule has 192 valence electrons. The van der Waals surface area contributed by atoms with Gasteiger partial charge in [-0.2, -0.15) is 13.2 Å². The fourth-order valence-electron chi connectivity index (χ4n) is 3.49. The molecule has 2 amide bonds. The molecule has 4 rings (SSSR count). The van der Waals surface area contributed by atoms with Crippen LogP contribution in [0.25, 0.3) is 5.69 Å². The number of nitrogens with one attached hydrogen (secondary N) is 2.